The Bertz CT molecular complexity index is 821. The fourth-order valence-corrected chi connectivity index (χ4v) is 5.84. The van der Waals surface area contributed by atoms with Gasteiger partial charge in [0.15, 0.2) is 11.0 Å². The summed E-state index contributed by atoms with van der Waals surface area (Å²) in [5.41, 5.74) is 1.11. The molecule has 0 radical (unpaired) electrons. The number of hydrogen-bond donors (Lipinski definition) is 1. The van der Waals surface area contributed by atoms with Crippen molar-refractivity contribution in [3.63, 3.8) is 0 Å². The van der Waals surface area contributed by atoms with Crippen molar-refractivity contribution in [2.45, 2.75) is 88.6 Å². The van der Waals surface area contributed by atoms with Gasteiger partial charge in [-0.05, 0) is 38.2 Å². The molecule has 164 valence electrons. The van der Waals surface area contributed by atoms with E-state index in [4.69, 9.17) is 4.74 Å². The van der Waals surface area contributed by atoms with Gasteiger partial charge in [-0.15, -0.1) is 21.5 Å². The molecule has 30 heavy (non-hydrogen) atoms. The summed E-state index contributed by atoms with van der Waals surface area (Å²) in [4.78, 5) is 13.9. The number of carbonyl (C=O) groups excluding carboxylic acids is 1. The van der Waals surface area contributed by atoms with Crippen LogP contribution in [-0.2, 0) is 22.5 Å². The lowest BCUT2D eigenvalue weighted by Crippen LogP contribution is -2.35. The maximum atomic E-state index is 12.6. The summed E-state index contributed by atoms with van der Waals surface area (Å²) in [6, 6.07) is 2.53. The van der Waals surface area contributed by atoms with Crippen LogP contribution in [0.3, 0.4) is 0 Å². The van der Waals surface area contributed by atoms with E-state index in [9.17, 15) is 4.79 Å². The summed E-state index contributed by atoms with van der Waals surface area (Å²) in [6.45, 7) is 3.74. The number of nitrogens with one attached hydrogen (secondary N) is 1. The lowest BCUT2D eigenvalue weighted by atomic mass is 10.1. The van der Waals surface area contributed by atoms with E-state index in [1.54, 1.807) is 11.3 Å². The van der Waals surface area contributed by atoms with Gasteiger partial charge in [0, 0.05) is 28.5 Å². The average molecular weight is 449 g/mol. The van der Waals surface area contributed by atoms with Gasteiger partial charge in [-0.3, -0.25) is 9.36 Å². The molecule has 6 nitrogen and oxygen atoms in total. The first-order valence-corrected chi connectivity index (χ1v) is 13.1. The van der Waals surface area contributed by atoms with Crippen molar-refractivity contribution >= 4 is 29.0 Å². The minimum atomic E-state index is 0.101. The number of carbonyl (C=O) groups is 1. The van der Waals surface area contributed by atoms with Gasteiger partial charge in [0.1, 0.15) is 0 Å². The number of thioether (sulfide) groups is 1. The maximum Gasteiger partial charge on any atom is 0.230 e. The number of ether oxygens (including phenoxy) is 1. The summed E-state index contributed by atoms with van der Waals surface area (Å²) in [5, 5.41) is 15.1. The van der Waals surface area contributed by atoms with Gasteiger partial charge in [0.05, 0.1) is 18.4 Å². The largest absolute Gasteiger partial charge is 0.376 e. The van der Waals surface area contributed by atoms with Crippen LogP contribution >= 0.6 is 23.1 Å². The Morgan fingerprint density at radius 2 is 2.07 bits per heavy atom. The highest BCUT2D eigenvalue weighted by Gasteiger charge is 2.23. The van der Waals surface area contributed by atoms with Crippen LogP contribution in [0.2, 0.25) is 0 Å². The summed E-state index contributed by atoms with van der Waals surface area (Å²) in [5.74, 6) is 1.36. The average Bonchev–Trinajstić information content (AvgIpc) is 3.47. The lowest BCUT2D eigenvalue weighted by molar-refractivity contribution is -0.119. The van der Waals surface area contributed by atoms with Crippen LogP contribution in [0.1, 0.15) is 63.2 Å². The normalized spacial score (nSPS) is 20.4. The van der Waals surface area contributed by atoms with Crippen molar-refractivity contribution in [3.05, 3.63) is 16.3 Å². The van der Waals surface area contributed by atoms with E-state index in [0.717, 1.165) is 61.8 Å². The van der Waals surface area contributed by atoms with E-state index in [-0.39, 0.29) is 12.0 Å². The molecule has 2 fully saturated rings. The van der Waals surface area contributed by atoms with Gasteiger partial charge in [0.25, 0.3) is 0 Å². The number of aromatic nitrogens is 3. The Morgan fingerprint density at radius 1 is 1.23 bits per heavy atom. The van der Waals surface area contributed by atoms with Gasteiger partial charge in [-0.1, -0.05) is 44.4 Å². The van der Waals surface area contributed by atoms with Gasteiger partial charge in [-0.25, -0.2) is 0 Å². The quantitative estimate of drug-likeness (QED) is 0.469. The van der Waals surface area contributed by atoms with Crippen LogP contribution in [0.25, 0.3) is 11.4 Å². The fraction of sp³-hybridized carbons (Fsp3) is 0.682. The van der Waals surface area contributed by atoms with E-state index in [1.165, 1.54) is 42.3 Å². The molecule has 0 aromatic carbocycles. The highest BCUT2D eigenvalue weighted by Crippen LogP contribution is 2.29. The Kier molecular flexibility index (Phi) is 7.84. The summed E-state index contributed by atoms with van der Waals surface area (Å²) >= 11 is 3.25. The molecule has 1 unspecified atom stereocenters. The summed E-state index contributed by atoms with van der Waals surface area (Å²) < 4.78 is 8.03. The zero-order chi connectivity index (χ0) is 20.8. The van der Waals surface area contributed by atoms with Crippen molar-refractivity contribution in [3.8, 4) is 11.4 Å². The van der Waals surface area contributed by atoms with E-state index >= 15 is 0 Å². The molecular weight excluding hydrogens is 416 g/mol. The lowest BCUT2D eigenvalue weighted by Gasteiger charge is -2.16. The second kappa shape index (κ2) is 10.8. The molecule has 1 amide bonds. The molecule has 1 atom stereocenters. The van der Waals surface area contributed by atoms with Gasteiger partial charge >= 0.3 is 0 Å². The third kappa shape index (κ3) is 5.65. The van der Waals surface area contributed by atoms with Crippen LogP contribution < -0.4 is 5.32 Å². The van der Waals surface area contributed by atoms with E-state index in [1.807, 2.05) is 0 Å². The molecule has 0 spiro atoms. The number of nitrogens with zero attached hydrogens (tertiary/aromatic N) is 3. The highest BCUT2D eigenvalue weighted by atomic mass is 32.2. The molecule has 8 heteroatoms. The molecule has 1 aliphatic heterocycles. The zero-order valence-electron chi connectivity index (χ0n) is 17.8. The van der Waals surface area contributed by atoms with Crippen molar-refractivity contribution in [1.82, 2.24) is 20.1 Å². The van der Waals surface area contributed by atoms with Gasteiger partial charge < -0.3 is 10.1 Å². The third-order valence-electron chi connectivity index (χ3n) is 5.94. The zero-order valence-corrected chi connectivity index (χ0v) is 19.4. The SMILES string of the molecule is CCc1cc(-c2nnc(SCC(=O)NC3CCCCCC3)n2CC2CCCO2)cs1. The summed E-state index contributed by atoms with van der Waals surface area (Å²) in [7, 11) is 0. The Morgan fingerprint density at radius 3 is 2.77 bits per heavy atom. The molecule has 1 aliphatic carbocycles. The first kappa shape index (κ1) is 21.8. The predicted octanol–water partition coefficient (Wildman–Crippen LogP) is 4.68. The number of hydrogen-bond acceptors (Lipinski definition) is 6. The minimum Gasteiger partial charge on any atom is -0.376 e. The van der Waals surface area contributed by atoms with Crippen molar-refractivity contribution in [2.75, 3.05) is 12.4 Å². The smallest absolute Gasteiger partial charge is 0.230 e. The maximum absolute atomic E-state index is 12.6. The van der Waals surface area contributed by atoms with Crippen molar-refractivity contribution in [1.29, 1.82) is 0 Å². The van der Waals surface area contributed by atoms with Crippen LogP contribution in [0, 0.1) is 0 Å². The fourth-order valence-electron chi connectivity index (χ4n) is 4.27. The topological polar surface area (TPSA) is 69.0 Å². The van der Waals surface area contributed by atoms with E-state index in [0.29, 0.717) is 11.8 Å². The van der Waals surface area contributed by atoms with Gasteiger partial charge in [0.2, 0.25) is 5.91 Å². The monoisotopic (exact) mass is 448 g/mol. The van der Waals surface area contributed by atoms with E-state index in [2.05, 4.69) is 38.5 Å². The van der Waals surface area contributed by atoms with E-state index < -0.39 is 0 Å². The van der Waals surface area contributed by atoms with Crippen LogP contribution in [0.5, 0.6) is 0 Å². The number of thiophene rings is 1. The third-order valence-corrected chi connectivity index (χ3v) is 7.99. The highest BCUT2D eigenvalue weighted by molar-refractivity contribution is 7.99. The Labute approximate surface area is 187 Å². The van der Waals surface area contributed by atoms with Crippen LogP contribution in [0.15, 0.2) is 16.6 Å². The molecule has 1 N–H and O–H groups in total. The number of amides is 1. The minimum absolute atomic E-state index is 0.101. The Balaban J connectivity index is 1.44. The number of aryl methyl sites for hydroxylation is 1. The van der Waals surface area contributed by atoms with Crippen molar-refractivity contribution < 1.29 is 9.53 Å². The molecule has 4 rings (SSSR count). The molecule has 0 bridgehead atoms. The Hall–Kier alpha value is -1.38. The van der Waals surface area contributed by atoms with Crippen LogP contribution in [-0.4, -0.2) is 45.2 Å². The van der Waals surface area contributed by atoms with Crippen LogP contribution in [0.4, 0.5) is 0 Å². The molecule has 1 saturated carbocycles. The standard InChI is InChI=1S/C22H32N4O2S2/c1-2-19-12-16(14-29-19)21-24-25-22(26(21)13-18-10-7-11-28-18)30-15-20(27)23-17-8-5-3-4-6-9-17/h12,14,17-18H,2-11,13,15H2,1H3,(H,23,27). The molecule has 2 aromatic rings. The predicted molar refractivity (Wildman–Crippen MR) is 122 cm³/mol. The first-order valence-electron chi connectivity index (χ1n) is 11.3. The second-order valence-corrected chi connectivity index (χ2v) is 10.2. The molecule has 2 aromatic heterocycles. The van der Waals surface area contributed by atoms with Gasteiger partial charge in [-0.2, -0.15) is 0 Å². The number of rotatable bonds is 8. The first-order chi connectivity index (χ1) is 14.7. The molecular formula is C22H32N4O2S2. The molecule has 1 saturated heterocycles. The van der Waals surface area contributed by atoms with Crippen molar-refractivity contribution in [2.24, 2.45) is 0 Å². The summed E-state index contributed by atoms with van der Waals surface area (Å²) in [6.07, 6.45) is 10.6. The second-order valence-electron chi connectivity index (χ2n) is 8.25. The molecule has 2 aliphatic rings. The molecule has 3 heterocycles.